The first-order valence-electron chi connectivity index (χ1n) is 6.26. The van der Waals surface area contributed by atoms with Crippen LogP contribution in [0.1, 0.15) is 5.56 Å². The van der Waals surface area contributed by atoms with Crippen LogP contribution in [0, 0.1) is 0 Å². The minimum Gasteiger partial charge on any atom is -0.383 e. The van der Waals surface area contributed by atoms with Gasteiger partial charge in [-0.3, -0.25) is 0 Å². The predicted octanol–water partition coefficient (Wildman–Crippen LogP) is 3.80. The summed E-state index contributed by atoms with van der Waals surface area (Å²) in [5, 5.41) is 12.4. The number of nitrogens with one attached hydrogen (secondary N) is 1. The van der Waals surface area contributed by atoms with E-state index < -0.39 is 0 Å². The lowest BCUT2D eigenvalue weighted by atomic mass is 10.2. The number of nitrogens with zero attached hydrogens (tertiary/aromatic N) is 2. The Morgan fingerprint density at radius 1 is 1.33 bits per heavy atom. The lowest BCUT2D eigenvalue weighted by molar-refractivity contribution is 0.199. The third-order valence-electron chi connectivity index (χ3n) is 2.58. The van der Waals surface area contributed by atoms with Crippen LogP contribution < -0.4 is 5.32 Å². The molecule has 21 heavy (non-hydrogen) atoms. The highest BCUT2D eigenvalue weighted by Gasteiger charge is 2.09. The summed E-state index contributed by atoms with van der Waals surface area (Å²) in [5.74, 6) is 0. The average Bonchev–Trinajstić information content (AvgIpc) is 2.94. The van der Waals surface area contributed by atoms with Crippen LogP contribution in [-0.2, 0) is 11.3 Å². The van der Waals surface area contributed by atoms with E-state index >= 15 is 0 Å². The zero-order valence-corrected chi connectivity index (χ0v) is 15.0. The fraction of sp³-hybridized carbons (Fsp3) is 0.385. The number of hydrogen-bond donors (Lipinski definition) is 1. The van der Waals surface area contributed by atoms with Crippen LogP contribution in [0.5, 0.6) is 0 Å². The molecule has 0 amide bonds. The Labute approximate surface area is 142 Å². The molecule has 8 heteroatoms. The van der Waals surface area contributed by atoms with Gasteiger partial charge >= 0.3 is 0 Å². The Morgan fingerprint density at radius 2 is 2.14 bits per heavy atom. The number of ether oxygens (including phenoxy) is 1. The second kappa shape index (κ2) is 8.97. The van der Waals surface area contributed by atoms with Gasteiger partial charge in [-0.05, 0) is 30.0 Å². The predicted molar refractivity (Wildman–Crippen MR) is 90.8 cm³/mol. The summed E-state index contributed by atoms with van der Waals surface area (Å²) in [6.07, 6.45) is 2.00. The first-order valence-corrected chi connectivity index (χ1v) is 9.50. The van der Waals surface area contributed by atoms with E-state index in [4.69, 9.17) is 16.3 Å². The summed E-state index contributed by atoms with van der Waals surface area (Å²) in [7, 11) is 1.70. The van der Waals surface area contributed by atoms with Crippen molar-refractivity contribution in [3.63, 3.8) is 0 Å². The topological polar surface area (TPSA) is 47.0 Å². The van der Waals surface area contributed by atoms with E-state index in [2.05, 4.69) is 15.5 Å². The third kappa shape index (κ3) is 5.43. The number of hydrogen-bond acceptors (Lipinski definition) is 7. The Morgan fingerprint density at radius 3 is 2.86 bits per heavy atom. The van der Waals surface area contributed by atoms with Crippen LogP contribution in [0.25, 0.3) is 0 Å². The van der Waals surface area contributed by atoms with Gasteiger partial charge in [0.25, 0.3) is 0 Å². The molecule has 1 N–H and O–H groups in total. The fourth-order valence-corrected chi connectivity index (χ4v) is 4.30. The van der Waals surface area contributed by atoms with E-state index in [9.17, 15) is 0 Å². The number of rotatable bonds is 8. The number of aromatic nitrogens is 2. The van der Waals surface area contributed by atoms with Gasteiger partial charge in [-0.25, -0.2) is 0 Å². The van der Waals surface area contributed by atoms with Gasteiger partial charge in [0.2, 0.25) is 0 Å². The average molecular weight is 362 g/mol. The molecule has 0 saturated carbocycles. The highest BCUT2D eigenvalue weighted by Crippen LogP contribution is 2.35. The van der Waals surface area contributed by atoms with E-state index in [0.29, 0.717) is 6.61 Å². The van der Waals surface area contributed by atoms with E-state index in [1.165, 1.54) is 0 Å². The molecule has 1 heterocycles. The molecule has 0 bridgehead atoms. The van der Waals surface area contributed by atoms with Crippen LogP contribution in [-0.4, -0.2) is 36.7 Å². The van der Waals surface area contributed by atoms with Crippen molar-refractivity contribution in [2.45, 2.75) is 20.1 Å². The summed E-state index contributed by atoms with van der Waals surface area (Å²) in [6, 6.07) is 5.92. The molecule has 0 spiro atoms. The maximum Gasteiger partial charge on any atom is 0.179 e. The summed E-state index contributed by atoms with van der Waals surface area (Å²) in [4.78, 5) is 1.15. The molecular weight excluding hydrogens is 346 g/mol. The van der Waals surface area contributed by atoms with Crippen molar-refractivity contribution in [3.8, 4) is 0 Å². The molecule has 0 aliphatic rings. The van der Waals surface area contributed by atoms with Gasteiger partial charge in [0.05, 0.1) is 6.61 Å². The summed E-state index contributed by atoms with van der Waals surface area (Å²) in [5.41, 5.74) is 1.16. The minimum absolute atomic E-state index is 0.691. The highest BCUT2D eigenvalue weighted by molar-refractivity contribution is 8.03. The Balaban J connectivity index is 2.06. The molecule has 0 aliphatic carbocycles. The fourth-order valence-electron chi connectivity index (χ4n) is 1.60. The first-order chi connectivity index (χ1) is 10.2. The van der Waals surface area contributed by atoms with Gasteiger partial charge in [-0.15, -0.1) is 10.2 Å². The van der Waals surface area contributed by atoms with Crippen molar-refractivity contribution in [2.75, 3.05) is 26.5 Å². The number of thioether (sulfide) groups is 1. The molecule has 0 fully saturated rings. The van der Waals surface area contributed by atoms with Crippen LogP contribution >= 0.6 is 46.5 Å². The van der Waals surface area contributed by atoms with Gasteiger partial charge in [0.15, 0.2) is 8.68 Å². The van der Waals surface area contributed by atoms with Gasteiger partial charge < -0.3 is 10.1 Å². The summed E-state index contributed by atoms with van der Waals surface area (Å²) in [6.45, 7) is 2.25. The quantitative estimate of drug-likeness (QED) is 0.570. The molecule has 4 nitrogen and oxygen atoms in total. The largest absolute Gasteiger partial charge is 0.383 e. The van der Waals surface area contributed by atoms with Gasteiger partial charge in [0, 0.05) is 30.1 Å². The molecular formula is C13H16ClN3OS3. The molecule has 2 aromatic rings. The molecule has 1 aromatic heterocycles. The molecule has 0 atom stereocenters. The molecule has 2 rings (SSSR count). The van der Waals surface area contributed by atoms with Crippen molar-refractivity contribution >= 4 is 46.5 Å². The summed E-state index contributed by atoms with van der Waals surface area (Å²) < 4.78 is 6.95. The molecule has 0 aliphatic heterocycles. The van der Waals surface area contributed by atoms with Gasteiger partial charge in [-0.1, -0.05) is 46.5 Å². The molecule has 0 unspecified atom stereocenters. The zero-order valence-electron chi connectivity index (χ0n) is 11.8. The molecule has 0 radical (unpaired) electrons. The minimum atomic E-state index is 0.691. The first kappa shape index (κ1) is 17.1. The highest BCUT2D eigenvalue weighted by atomic mass is 35.5. The van der Waals surface area contributed by atoms with E-state index in [0.717, 1.165) is 37.3 Å². The lowest BCUT2D eigenvalue weighted by Gasteiger charge is -2.09. The number of methoxy groups -OCH3 is 1. The monoisotopic (exact) mass is 361 g/mol. The second-order valence-electron chi connectivity index (χ2n) is 4.06. The second-order valence-corrected chi connectivity index (χ2v) is 7.82. The standard InChI is InChI=1S/C13H16ClN3OS3/c1-18-6-5-15-8-9-7-10(14)3-4-11(9)20-13-17-16-12(19-2)21-13/h3-4,7,15H,5-6,8H2,1-2H3. The third-order valence-corrected chi connectivity index (χ3v) is 5.88. The smallest absolute Gasteiger partial charge is 0.179 e. The maximum atomic E-state index is 6.10. The summed E-state index contributed by atoms with van der Waals surface area (Å²) >= 11 is 10.9. The van der Waals surface area contributed by atoms with Gasteiger partial charge in [-0.2, -0.15) is 0 Å². The van der Waals surface area contributed by atoms with Crippen molar-refractivity contribution < 1.29 is 4.74 Å². The van der Waals surface area contributed by atoms with E-state index in [1.807, 2.05) is 24.5 Å². The van der Waals surface area contributed by atoms with E-state index in [1.54, 1.807) is 42.0 Å². The van der Waals surface area contributed by atoms with E-state index in [-0.39, 0.29) is 0 Å². The maximum absolute atomic E-state index is 6.10. The Kier molecular flexibility index (Phi) is 7.28. The Bertz CT molecular complexity index is 580. The van der Waals surface area contributed by atoms with Crippen LogP contribution in [0.4, 0.5) is 0 Å². The number of benzene rings is 1. The molecule has 1 aromatic carbocycles. The number of halogens is 1. The lowest BCUT2D eigenvalue weighted by Crippen LogP contribution is -2.18. The van der Waals surface area contributed by atoms with Crippen molar-refractivity contribution in [1.82, 2.24) is 15.5 Å². The van der Waals surface area contributed by atoms with Crippen LogP contribution in [0.3, 0.4) is 0 Å². The Hall–Kier alpha value is -0.310. The van der Waals surface area contributed by atoms with Crippen molar-refractivity contribution in [3.05, 3.63) is 28.8 Å². The van der Waals surface area contributed by atoms with Crippen LogP contribution in [0.2, 0.25) is 5.02 Å². The van der Waals surface area contributed by atoms with Crippen molar-refractivity contribution in [2.24, 2.45) is 0 Å². The normalized spacial score (nSPS) is 11.0. The SMILES string of the molecule is COCCNCc1cc(Cl)ccc1Sc1nnc(SC)s1. The van der Waals surface area contributed by atoms with Crippen molar-refractivity contribution in [1.29, 1.82) is 0 Å². The van der Waals surface area contributed by atoms with Gasteiger partial charge in [0.1, 0.15) is 0 Å². The molecule has 0 saturated heterocycles. The molecule has 114 valence electrons. The zero-order chi connectivity index (χ0) is 15.1. The van der Waals surface area contributed by atoms with Crippen LogP contribution in [0.15, 0.2) is 31.8 Å².